The van der Waals surface area contributed by atoms with Gasteiger partial charge in [0.1, 0.15) is 4.90 Å². The second kappa shape index (κ2) is 6.36. The maximum Gasteiger partial charge on any atom is 0.339 e. The van der Waals surface area contributed by atoms with Crippen LogP contribution < -0.4 is 0 Å². The van der Waals surface area contributed by atoms with Crippen LogP contribution in [0, 0.1) is 0 Å². The quantitative estimate of drug-likeness (QED) is 0.321. The second-order valence-electron chi connectivity index (χ2n) is 4.39. The molecule has 0 amide bonds. The third-order valence-electron chi connectivity index (χ3n) is 3.17. The molecule has 5 heteroatoms. The molecule has 0 aliphatic heterocycles. The maximum absolute atomic E-state index is 12.1. The van der Waals surface area contributed by atoms with Gasteiger partial charge in [-0.15, -0.1) is 0 Å². The minimum atomic E-state index is -3.82. The Bertz CT molecular complexity index is 917. The molecule has 3 aromatic rings. The Labute approximate surface area is 153 Å². The summed E-state index contributed by atoms with van der Waals surface area (Å²) in [6, 6.07) is 16.8. The number of hydrogen-bond acceptors (Lipinski definition) is 3. The summed E-state index contributed by atoms with van der Waals surface area (Å²) in [4.78, 5) is 0.153. The van der Waals surface area contributed by atoms with Crippen LogP contribution in [0.2, 0.25) is 0 Å². The molecule has 2 radical (unpaired) electrons. The van der Waals surface area contributed by atoms with E-state index in [4.69, 9.17) is 0 Å². The van der Waals surface area contributed by atoms with Gasteiger partial charge >= 0.3 is 10.1 Å². The Morgan fingerprint density at radius 2 is 1.52 bits per heavy atom. The first-order chi connectivity index (χ1) is 9.62. The molecule has 0 spiro atoms. The fourth-order valence-electron chi connectivity index (χ4n) is 2.30. The van der Waals surface area contributed by atoms with Crippen LogP contribution in [0.15, 0.2) is 72.3 Å². The molecule has 0 saturated heterocycles. The molecule has 0 N–H and O–H groups in total. The van der Waals surface area contributed by atoms with Crippen molar-refractivity contribution in [3.05, 3.63) is 67.4 Å². The van der Waals surface area contributed by atoms with Crippen molar-refractivity contribution in [2.45, 2.75) is 4.90 Å². The van der Waals surface area contributed by atoms with Crippen molar-refractivity contribution < 1.29 is 12.6 Å². The van der Waals surface area contributed by atoms with E-state index in [2.05, 4.69) is 10.8 Å². The van der Waals surface area contributed by atoms with Crippen LogP contribution in [0.25, 0.3) is 21.5 Å². The van der Waals surface area contributed by atoms with E-state index >= 15 is 0 Å². The zero-order valence-corrected chi connectivity index (χ0v) is 14.3. The Hall–Kier alpha value is -1.07. The molecule has 0 aliphatic rings. The standard InChI is InChI=1S/C16H12O3S.Ca/c1-2-19-20(17,18)16-9-5-8-14-10-12-6-3-4-7-13(12)11-15(14)16;/h2-11H,1H2;. The first-order valence-corrected chi connectivity index (χ1v) is 7.48. The van der Waals surface area contributed by atoms with Gasteiger partial charge in [0.05, 0.1) is 6.26 Å². The zero-order valence-electron chi connectivity index (χ0n) is 11.3. The predicted molar refractivity (Wildman–Crippen MR) is 85.7 cm³/mol. The Morgan fingerprint density at radius 3 is 2.19 bits per heavy atom. The maximum atomic E-state index is 12.1. The summed E-state index contributed by atoms with van der Waals surface area (Å²) in [6.45, 7) is 3.30. The van der Waals surface area contributed by atoms with Crippen LogP contribution in [-0.4, -0.2) is 46.2 Å². The molecule has 3 aromatic carbocycles. The van der Waals surface area contributed by atoms with Crippen LogP contribution >= 0.6 is 0 Å². The van der Waals surface area contributed by atoms with Crippen molar-refractivity contribution in [2.24, 2.45) is 0 Å². The van der Waals surface area contributed by atoms with Crippen molar-refractivity contribution in [2.75, 3.05) is 0 Å². The van der Waals surface area contributed by atoms with E-state index < -0.39 is 10.1 Å². The molecule has 102 valence electrons. The molecule has 0 atom stereocenters. The molecular formula is C16H12CaO3S. The fourth-order valence-corrected chi connectivity index (χ4v) is 3.27. The Morgan fingerprint density at radius 1 is 0.905 bits per heavy atom. The van der Waals surface area contributed by atoms with Crippen molar-refractivity contribution in [1.29, 1.82) is 0 Å². The Balaban J connectivity index is 0.00000161. The summed E-state index contributed by atoms with van der Waals surface area (Å²) in [6.07, 6.45) is 0.926. The van der Waals surface area contributed by atoms with Crippen molar-refractivity contribution >= 4 is 69.4 Å². The summed E-state index contributed by atoms with van der Waals surface area (Å²) in [5.74, 6) is 0. The van der Waals surface area contributed by atoms with Gasteiger partial charge in [-0.05, 0) is 34.4 Å². The van der Waals surface area contributed by atoms with Gasteiger partial charge in [-0.2, -0.15) is 8.42 Å². The summed E-state index contributed by atoms with van der Waals surface area (Å²) >= 11 is 0. The topological polar surface area (TPSA) is 43.4 Å². The third kappa shape index (κ3) is 3.09. The summed E-state index contributed by atoms with van der Waals surface area (Å²) in [5, 5.41) is 3.56. The third-order valence-corrected chi connectivity index (χ3v) is 4.45. The number of fused-ring (bicyclic) bond motifs is 2. The van der Waals surface area contributed by atoms with Gasteiger partial charge < -0.3 is 4.18 Å². The summed E-state index contributed by atoms with van der Waals surface area (Å²) in [5.41, 5.74) is 0. The molecule has 0 aromatic heterocycles. The summed E-state index contributed by atoms with van der Waals surface area (Å²) in [7, 11) is -3.82. The van der Waals surface area contributed by atoms with Crippen molar-refractivity contribution in [3.63, 3.8) is 0 Å². The van der Waals surface area contributed by atoms with E-state index in [1.807, 2.05) is 42.5 Å². The van der Waals surface area contributed by atoms with E-state index in [9.17, 15) is 8.42 Å². The van der Waals surface area contributed by atoms with Crippen molar-refractivity contribution in [3.8, 4) is 0 Å². The second-order valence-corrected chi connectivity index (χ2v) is 5.93. The van der Waals surface area contributed by atoms with E-state index in [1.54, 1.807) is 6.07 Å². The van der Waals surface area contributed by atoms with Gasteiger partial charge in [0.25, 0.3) is 0 Å². The molecule has 0 bridgehead atoms. The predicted octanol–water partition coefficient (Wildman–Crippen LogP) is 3.46. The van der Waals surface area contributed by atoms with Gasteiger partial charge in [0, 0.05) is 43.1 Å². The smallest absolute Gasteiger partial charge is 0.339 e. The van der Waals surface area contributed by atoms with Crippen molar-refractivity contribution in [1.82, 2.24) is 0 Å². The number of rotatable bonds is 3. The van der Waals surface area contributed by atoms with Gasteiger partial charge in [-0.25, -0.2) is 0 Å². The normalized spacial score (nSPS) is 11.0. The number of benzene rings is 3. The monoisotopic (exact) mass is 324 g/mol. The molecule has 0 aliphatic carbocycles. The van der Waals surface area contributed by atoms with E-state index in [0.29, 0.717) is 5.39 Å². The van der Waals surface area contributed by atoms with Crippen LogP contribution in [0.1, 0.15) is 0 Å². The minimum Gasteiger partial charge on any atom is -0.388 e. The molecule has 3 nitrogen and oxygen atoms in total. The fraction of sp³-hybridized carbons (Fsp3) is 0. The average molecular weight is 324 g/mol. The van der Waals surface area contributed by atoms with E-state index in [-0.39, 0.29) is 42.6 Å². The zero-order chi connectivity index (χ0) is 14.2. The molecule has 0 fully saturated rings. The minimum absolute atomic E-state index is 0. The van der Waals surface area contributed by atoms with Crippen LogP contribution in [0.5, 0.6) is 0 Å². The molecule has 21 heavy (non-hydrogen) atoms. The van der Waals surface area contributed by atoms with E-state index in [1.165, 1.54) is 6.07 Å². The van der Waals surface area contributed by atoms with Gasteiger partial charge in [-0.3, -0.25) is 0 Å². The van der Waals surface area contributed by atoms with Crippen LogP contribution in [-0.2, 0) is 14.3 Å². The van der Waals surface area contributed by atoms with Crippen LogP contribution in [0.3, 0.4) is 0 Å². The van der Waals surface area contributed by atoms with Crippen LogP contribution in [0.4, 0.5) is 0 Å². The molecule has 3 rings (SSSR count). The summed E-state index contributed by atoms with van der Waals surface area (Å²) < 4.78 is 28.8. The molecule has 0 saturated carbocycles. The molecule has 0 heterocycles. The Kier molecular flexibility index (Phi) is 4.94. The molecule has 0 unspecified atom stereocenters. The largest absolute Gasteiger partial charge is 0.388 e. The number of hydrogen-bond donors (Lipinski definition) is 0. The molecular weight excluding hydrogens is 312 g/mol. The first kappa shape index (κ1) is 16.3. The first-order valence-electron chi connectivity index (χ1n) is 6.07. The van der Waals surface area contributed by atoms with Gasteiger partial charge in [0.2, 0.25) is 0 Å². The SMILES string of the molecule is C=COS(=O)(=O)c1cccc2cc3ccccc3cc12.[Ca]. The average Bonchev–Trinajstić information content (AvgIpc) is 2.44. The van der Waals surface area contributed by atoms with E-state index in [0.717, 1.165) is 22.4 Å². The van der Waals surface area contributed by atoms with Gasteiger partial charge in [0.15, 0.2) is 0 Å². The van der Waals surface area contributed by atoms with Gasteiger partial charge in [-0.1, -0.05) is 43.0 Å².